The van der Waals surface area contributed by atoms with Gasteiger partial charge in [0.25, 0.3) is 11.8 Å². The van der Waals surface area contributed by atoms with Crippen molar-refractivity contribution in [3.63, 3.8) is 0 Å². The molecular weight excluding hydrogens is 699 g/mol. The van der Waals surface area contributed by atoms with Crippen LogP contribution in [0.2, 0.25) is 0 Å². The molecule has 5 rings (SSSR count). The van der Waals surface area contributed by atoms with E-state index in [2.05, 4.69) is 22.9 Å². The molecule has 4 aromatic rings. The van der Waals surface area contributed by atoms with Gasteiger partial charge in [0.05, 0.1) is 31.6 Å². The van der Waals surface area contributed by atoms with Gasteiger partial charge in [0.1, 0.15) is 22.2 Å². The summed E-state index contributed by atoms with van der Waals surface area (Å²) in [4.78, 5) is 55.5. The normalized spacial score (nSPS) is 14.4. The average Bonchev–Trinajstić information content (AvgIpc) is 3.50. The maximum Gasteiger partial charge on any atom is 0.341 e. The van der Waals surface area contributed by atoms with Gasteiger partial charge in [-0.05, 0) is 92.6 Å². The Morgan fingerprint density at radius 2 is 1.75 bits per heavy atom. The minimum Gasteiger partial charge on any atom is -0.497 e. The van der Waals surface area contributed by atoms with Crippen LogP contribution in [0.5, 0.6) is 11.5 Å². The summed E-state index contributed by atoms with van der Waals surface area (Å²) in [6, 6.07) is 20.9. The number of fused-ring (bicyclic) bond motifs is 1. The molecule has 10 nitrogen and oxygen atoms in total. The third-order valence-corrected chi connectivity index (χ3v) is 11.1. The zero-order chi connectivity index (χ0) is 37.2. The van der Waals surface area contributed by atoms with Crippen molar-refractivity contribution in [3.05, 3.63) is 106 Å². The highest BCUT2D eigenvalue weighted by Crippen LogP contribution is 2.41. The van der Waals surface area contributed by atoms with Crippen LogP contribution in [0.15, 0.2) is 83.4 Å². The molecule has 2 atom stereocenters. The van der Waals surface area contributed by atoms with Gasteiger partial charge < -0.3 is 30.2 Å². The summed E-state index contributed by atoms with van der Waals surface area (Å²) in [5.41, 5.74) is 2.86. The predicted octanol–water partition coefficient (Wildman–Crippen LogP) is 7.99. The average molecular weight is 742 g/mol. The zero-order valence-electron chi connectivity index (χ0n) is 29.9. The van der Waals surface area contributed by atoms with E-state index in [9.17, 15) is 19.2 Å². The largest absolute Gasteiger partial charge is 0.497 e. The quantitative estimate of drug-likeness (QED) is 0.0674. The number of thiophene rings is 1. The number of anilines is 2. The topological polar surface area (TPSA) is 132 Å². The molecule has 1 aromatic heterocycles. The SMILES string of the molecule is CCOC(=O)c1c(NC(=O)C(CC)Sc2cccc(NC(=O)/C(=C\c3ccc(OC)cc3OC)NC(=O)c3ccccc3)c2)sc2c1CCC(C)C2. The smallest absolute Gasteiger partial charge is 0.341 e. The first-order valence-corrected chi connectivity index (χ1v) is 18.8. The van der Waals surface area contributed by atoms with E-state index in [-0.39, 0.29) is 18.2 Å². The molecule has 0 fully saturated rings. The maximum atomic E-state index is 13.8. The van der Waals surface area contributed by atoms with Gasteiger partial charge in [-0.15, -0.1) is 23.1 Å². The molecule has 272 valence electrons. The second kappa shape index (κ2) is 17.9. The molecule has 0 radical (unpaired) electrons. The molecule has 0 spiro atoms. The Hall–Kier alpha value is -5.07. The Bertz CT molecular complexity index is 1960. The van der Waals surface area contributed by atoms with Gasteiger partial charge in [-0.1, -0.05) is 38.1 Å². The van der Waals surface area contributed by atoms with Gasteiger partial charge >= 0.3 is 5.97 Å². The summed E-state index contributed by atoms with van der Waals surface area (Å²) in [6.07, 6.45) is 4.69. The fourth-order valence-electron chi connectivity index (χ4n) is 5.82. The van der Waals surface area contributed by atoms with E-state index in [0.717, 1.165) is 34.6 Å². The number of benzene rings is 3. The number of carbonyl (C=O) groups is 4. The number of esters is 1. The number of hydrogen-bond donors (Lipinski definition) is 3. The van der Waals surface area contributed by atoms with Crippen LogP contribution in [0.4, 0.5) is 10.7 Å². The fourth-order valence-corrected chi connectivity index (χ4v) is 8.23. The number of thioether (sulfide) groups is 1. The van der Waals surface area contributed by atoms with Crippen LogP contribution < -0.4 is 25.4 Å². The number of hydrogen-bond acceptors (Lipinski definition) is 9. The standard InChI is InChI=1S/C40H43N3O7S2/c1-6-33(38(46)43-39-35(40(47)50-7-2)30-19-16-24(3)20-34(30)52-39)51-29-15-11-14-27(22-29)41-37(45)31(42-36(44)25-12-9-8-10-13-25)21-26-17-18-28(48-4)23-32(26)49-5/h8-15,17-18,21-24,33H,6-7,16,19-20H2,1-5H3,(H,41,45)(H,42,44)(H,43,46)/b31-21+. The monoisotopic (exact) mass is 741 g/mol. The lowest BCUT2D eigenvalue weighted by molar-refractivity contribution is -0.116. The highest BCUT2D eigenvalue weighted by atomic mass is 32.2. The van der Waals surface area contributed by atoms with E-state index < -0.39 is 23.0 Å². The molecule has 1 heterocycles. The Morgan fingerprint density at radius 3 is 2.46 bits per heavy atom. The van der Waals surface area contributed by atoms with E-state index >= 15 is 0 Å². The Labute approximate surface area is 312 Å². The molecule has 0 bridgehead atoms. The summed E-state index contributed by atoms with van der Waals surface area (Å²) in [5, 5.41) is 8.74. The second-order valence-corrected chi connectivity index (χ2v) is 14.6. The van der Waals surface area contributed by atoms with Crippen LogP contribution in [0.3, 0.4) is 0 Å². The molecule has 3 amide bonds. The fraction of sp³-hybridized carbons (Fsp3) is 0.300. The first kappa shape index (κ1) is 38.2. The van der Waals surface area contributed by atoms with Crippen LogP contribution in [-0.4, -0.2) is 49.8 Å². The minimum absolute atomic E-state index is 0.00775. The Kier molecular flexibility index (Phi) is 13.2. The molecule has 3 aromatic carbocycles. The van der Waals surface area contributed by atoms with Crippen molar-refractivity contribution in [1.82, 2.24) is 5.32 Å². The summed E-state index contributed by atoms with van der Waals surface area (Å²) < 4.78 is 16.2. The molecule has 0 saturated carbocycles. The van der Waals surface area contributed by atoms with Gasteiger partial charge in [-0.3, -0.25) is 14.4 Å². The molecule has 0 aliphatic heterocycles. The van der Waals surface area contributed by atoms with Crippen molar-refractivity contribution >= 4 is 63.6 Å². The van der Waals surface area contributed by atoms with Crippen LogP contribution in [-0.2, 0) is 27.2 Å². The summed E-state index contributed by atoms with van der Waals surface area (Å²) in [6.45, 7) is 6.14. The first-order chi connectivity index (χ1) is 25.1. The number of amides is 3. The van der Waals surface area contributed by atoms with Crippen molar-refractivity contribution in [3.8, 4) is 11.5 Å². The van der Waals surface area contributed by atoms with E-state index in [1.54, 1.807) is 80.8 Å². The lowest BCUT2D eigenvalue weighted by Crippen LogP contribution is -2.30. The highest BCUT2D eigenvalue weighted by Gasteiger charge is 2.30. The van der Waals surface area contributed by atoms with Crippen molar-refractivity contribution in [2.75, 3.05) is 31.5 Å². The molecule has 2 unspecified atom stereocenters. The maximum absolute atomic E-state index is 13.8. The predicted molar refractivity (Wildman–Crippen MR) is 207 cm³/mol. The van der Waals surface area contributed by atoms with Crippen LogP contribution in [0.25, 0.3) is 6.08 Å². The van der Waals surface area contributed by atoms with Gasteiger partial charge in [-0.2, -0.15) is 0 Å². The van der Waals surface area contributed by atoms with Crippen LogP contribution >= 0.6 is 23.1 Å². The van der Waals surface area contributed by atoms with Crippen molar-refractivity contribution in [1.29, 1.82) is 0 Å². The number of ether oxygens (including phenoxy) is 3. The van der Waals surface area contributed by atoms with E-state index in [1.165, 1.54) is 36.3 Å². The molecule has 1 aliphatic rings. The number of rotatable bonds is 14. The highest BCUT2D eigenvalue weighted by molar-refractivity contribution is 8.00. The van der Waals surface area contributed by atoms with Crippen LogP contribution in [0, 0.1) is 5.92 Å². The lowest BCUT2D eigenvalue weighted by atomic mass is 9.88. The molecular formula is C40H43N3O7S2. The second-order valence-electron chi connectivity index (χ2n) is 12.2. The van der Waals surface area contributed by atoms with Crippen molar-refractivity contribution in [2.45, 2.75) is 56.6 Å². The van der Waals surface area contributed by atoms with E-state index in [0.29, 0.717) is 51.2 Å². The Morgan fingerprint density at radius 1 is 0.962 bits per heavy atom. The molecule has 12 heteroatoms. The third kappa shape index (κ3) is 9.42. The number of carbonyl (C=O) groups excluding carboxylic acids is 4. The van der Waals surface area contributed by atoms with Crippen molar-refractivity contribution in [2.24, 2.45) is 5.92 Å². The van der Waals surface area contributed by atoms with Gasteiger partial charge in [0.2, 0.25) is 5.91 Å². The van der Waals surface area contributed by atoms with Crippen LogP contribution in [0.1, 0.15) is 70.3 Å². The van der Waals surface area contributed by atoms with E-state index in [4.69, 9.17) is 14.2 Å². The first-order valence-electron chi connectivity index (χ1n) is 17.1. The van der Waals surface area contributed by atoms with Gasteiger partial charge in [0, 0.05) is 32.7 Å². The Balaban J connectivity index is 1.35. The summed E-state index contributed by atoms with van der Waals surface area (Å²) in [5.74, 6) is -0.111. The van der Waals surface area contributed by atoms with Gasteiger partial charge in [0.15, 0.2) is 0 Å². The van der Waals surface area contributed by atoms with Crippen molar-refractivity contribution < 1.29 is 33.4 Å². The summed E-state index contributed by atoms with van der Waals surface area (Å²) in [7, 11) is 3.05. The van der Waals surface area contributed by atoms with Gasteiger partial charge in [-0.25, -0.2) is 4.79 Å². The number of methoxy groups -OCH3 is 2. The lowest BCUT2D eigenvalue weighted by Gasteiger charge is -2.18. The zero-order valence-corrected chi connectivity index (χ0v) is 31.5. The van der Waals surface area contributed by atoms with E-state index in [1.807, 2.05) is 13.0 Å². The molecule has 52 heavy (non-hydrogen) atoms. The molecule has 1 aliphatic carbocycles. The summed E-state index contributed by atoms with van der Waals surface area (Å²) >= 11 is 2.82. The minimum atomic E-state index is -0.559. The molecule has 0 saturated heterocycles. The molecule has 3 N–H and O–H groups in total. The third-order valence-electron chi connectivity index (χ3n) is 8.53. The number of nitrogens with one attached hydrogen (secondary N) is 3.